The lowest BCUT2D eigenvalue weighted by Gasteiger charge is -2.08. The Morgan fingerprint density at radius 1 is 0.893 bits per heavy atom. The summed E-state index contributed by atoms with van der Waals surface area (Å²) in [5.41, 5.74) is 6.82. The normalized spacial score (nSPS) is 11.4. The van der Waals surface area contributed by atoms with Gasteiger partial charge in [0, 0.05) is 29.9 Å². The minimum absolute atomic E-state index is 0.335. The molecular formula is C21H17N7. The van der Waals surface area contributed by atoms with E-state index in [2.05, 4.69) is 32.1 Å². The van der Waals surface area contributed by atoms with Gasteiger partial charge in [0.05, 0.1) is 40.8 Å². The fraction of sp³-hybridized carbons (Fsp3) is 0.0952. The maximum atomic E-state index is 8.61. The molecule has 7 nitrogen and oxygen atoms in total. The highest BCUT2D eigenvalue weighted by molar-refractivity contribution is 6.04. The molecule has 136 valence electrons. The fourth-order valence-corrected chi connectivity index (χ4v) is 3.49. The predicted octanol–water partition coefficient (Wildman–Crippen LogP) is 3.16. The molecule has 5 rings (SSSR count). The standard InChI is InChI=1S/C21H17N7/c1-13-3-4-15(8-25-13)14-5-6-18-17(7-14)20-19(11-26-18)27(2)21(22)28(20)16-9-23-12-24-10-16/h3-12,22H,1-2H3. The topological polar surface area (TPSA) is 85.3 Å². The molecule has 0 spiro atoms. The van der Waals surface area contributed by atoms with Crippen molar-refractivity contribution in [3.05, 3.63) is 72.8 Å². The highest BCUT2D eigenvalue weighted by Gasteiger charge is 2.15. The predicted molar refractivity (Wildman–Crippen MR) is 107 cm³/mol. The van der Waals surface area contributed by atoms with E-state index < -0.39 is 0 Å². The molecule has 0 saturated heterocycles. The van der Waals surface area contributed by atoms with Gasteiger partial charge in [-0.25, -0.2) is 9.97 Å². The number of nitrogens with one attached hydrogen (secondary N) is 1. The number of pyridine rings is 2. The molecule has 7 heteroatoms. The largest absolute Gasteiger partial charge is 0.312 e. The molecule has 0 saturated carbocycles. The summed E-state index contributed by atoms with van der Waals surface area (Å²) >= 11 is 0. The minimum atomic E-state index is 0.335. The Balaban J connectivity index is 1.88. The summed E-state index contributed by atoms with van der Waals surface area (Å²) in [7, 11) is 1.87. The molecule has 0 bridgehead atoms. The monoisotopic (exact) mass is 367 g/mol. The number of aryl methyl sites for hydroxylation is 2. The molecule has 0 amide bonds. The van der Waals surface area contributed by atoms with E-state index in [1.807, 2.05) is 53.7 Å². The molecule has 0 unspecified atom stereocenters. The second-order valence-corrected chi connectivity index (χ2v) is 6.73. The Hall–Kier alpha value is -3.87. The van der Waals surface area contributed by atoms with Crippen LogP contribution in [0, 0.1) is 12.3 Å². The van der Waals surface area contributed by atoms with E-state index in [4.69, 9.17) is 5.41 Å². The summed E-state index contributed by atoms with van der Waals surface area (Å²) in [6, 6.07) is 10.2. The van der Waals surface area contributed by atoms with Crippen molar-refractivity contribution in [3.8, 4) is 16.8 Å². The Kier molecular flexibility index (Phi) is 3.55. The molecule has 0 aliphatic heterocycles. The van der Waals surface area contributed by atoms with Crippen LogP contribution in [-0.4, -0.2) is 29.1 Å². The zero-order chi connectivity index (χ0) is 19.3. The number of hydrogen-bond acceptors (Lipinski definition) is 5. The van der Waals surface area contributed by atoms with Gasteiger partial charge in [-0.1, -0.05) is 12.1 Å². The molecule has 5 aromatic rings. The number of rotatable bonds is 2. The highest BCUT2D eigenvalue weighted by atomic mass is 15.2. The van der Waals surface area contributed by atoms with Crippen molar-refractivity contribution in [2.24, 2.45) is 7.05 Å². The molecule has 28 heavy (non-hydrogen) atoms. The lowest BCUT2D eigenvalue weighted by Crippen LogP contribution is -2.21. The van der Waals surface area contributed by atoms with Crippen LogP contribution in [-0.2, 0) is 7.05 Å². The van der Waals surface area contributed by atoms with Crippen molar-refractivity contribution >= 4 is 21.9 Å². The van der Waals surface area contributed by atoms with Gasteiger partial charge in [0.25, 0.3) is 0 Å². The smallest absolute Gasteiger partial charge is 0.207 e. The lowest BCUT2D eigenvalue weighted by atomic mass is 10.0. The summed E-state index contributed by atoms with van der Waals surface area (Å²) in [5.74, 6) is 0. The highest BCUT2D eigenvalue weighted by Crippen LogP contribution is 2.29. The quantitative estimate of drug-likeness (QED) is 0.519. The Morgan fingerprint density at radius 2 is 1.68 bits per heavy atom. The van der Waals surface area contributed by atoms with Gasteiger partial charge in [-0.05, 0) is 30.7 Å². The molecule has 0 radical (unpaired) electrons. The maximum absolute atomic E-state index is 8.61. The summed E-state index contributed by atoms with van der Waals surface area (Å²) < 4.78 is 3.67. The van der Waals surface area contributed by atoms with Crippen LogP contribution in [0.15, 0.2) is 61.4 Å². The van der Waals surface area contributed by atoms with Gasteiger partial charge in [-0.15, -0.1) is 0 Å². The molecular weight excluding hydrogens is 350 g/mol. The third kappa shape index (κ3) is 2.40. The molecule has 0 aliphatic rings. The molecule has 0 atom stereocenters. The van der Waals surface area contributed by atoms with Crippen LogP contribution in [0.2, 0.25) is 0 Å². The van der Waals surface area contributed by atoms with Crippen LogP contribution < -0.4 is 5.62 Å². The first kappa shape index (κ1) is 16.3. The van der Waals surface area contributed by atoms with Crippen molar-refractivity contribution in [1.82, 2.24) is 29.1 Å². The van der Waals surface area contributed by atoms with Gasteiger partial charge < -0.3 is 4.57 Å². The zero-order valence-electron chi connectivity index (χ0n) is 15.5. The van der Waals surface area contributed by atoms with Crippen LogP contribution in [0.5, 0.6) is 0 Å². The first-order valence-corrected chi connectivity index (χ1v) is 8.87. The minimum Gasteiger partial charge on any atom is -0.312 e. The SMILES string of the molecule is Cc1ccc(-c2ccc3ncc4c(c3c2)n(-c2cncnc2)c(=N)n4C)cn1. The van der Waals surface area contributed by atoms with Crippen LogP contribution in [0.3, 0.4) is 0 Å². The summed E-state index contributed by atoms with van der Waals surface area (Å²) in [6.07, 6.45) is 8.60. The van der Waals surface area contributed by atoms with E-state index in [1.54, 1.807) is 12.4 Å². The first-order chi connectivity index (χ1) is 13.6. The van der Waals surface area contributed by atoms with E-state index in [9.17, 15) is 0 Å². The summed E-state index contributed by atoms with van der Waals surface area (Å²) in [4.78, 5) is 17.3. The number of nitrogens with zero attached hydrogens (tertiary/aromatic N) is 6. The second-order valence-electron chi connectivity index (χ2n) is 6.73. The van der Waals surface area contributed by atoms with Crippen LogP contribution in [0.4, 0.5) is 0 Å². The molecule has 1 N–H and O–H groups in total. The first-order valence-electron chi connectivity index (χ1n) is 8.87. The Morgan fingerprint density at radius 3 is 2.43 bits per heavy atom. The lowest BCUT2D eigenvalue weighted by molar-refractivity contribution is 0.784. The van der Waals surface area contributed by atoms with E-state index in [0.717, 1.165) is 44.4 Å². The second kappa shape index (κ2) is 6.09. The summed E-state index contributed by atoms with van der Waals surface area (Å²) in [6.45, 7) is 1.97. The van der Waals surface area contributed by atoms with Gasteiger partial charge in [0.1, 0.15) is 6.33 Å². The zero-order valence-corrected chi connectivity index (χ0v) is 15.5. The molecule has 1 aromatic carbocycles. The fourth-order valence-electron chi connectivity index (χ4n) is 3.49. The van der Waals surface area contributed by atoms with Crippen molar-refractivity contribution in [1.29, 1.82) is 5.41 Å². The van der Waals surface area contributed by atoms with Crippen LogP contribution in [0.25, 0.3) is 38.8 Å². The maximum Gasteiger partial charge on any atom is 0.207 e. The van der Waals surface area contributed by atoms with Crippen molar-refractivity contribution in [2.75, 3.05) is 0 Å². The summed E-state index contributed by atoms with van der Waals surface area (Å²) in [5, 5.41) is 9.58. The van der Waals surface area contributed by atoms with Gasteiger partial charge in [-0.2, -0.15) is 0 Å². The average Bonchev–Trinajstić information content (AvgIpc) is 3.00. The number of imidazole rings is 1. The van der Waals surface area contributed by atoms with Gasteiger partial charge in [0.15, 0.2) is 0 Å². The van der Waals surface area contributed by atoms with Gasteiger partial charge >= 0.3 is 0 Å². The van der Waals surface area contributed by atoms with Crippen molar-refractivity contribution in [2.45, 2.75) is 6.92 Å². The molecule has 4 heterocycles. The number of hydrogen-bond donors (Lipinski definition) is 1. The van der Waals surface area contributed by atoms with Crippen molar-refractivity contribution in [3.63, 3.8) is 0 Å². The Bertz CT molecular complexity index is 1380. The van der Waals surface area contributed by atoms with Gasteiger partial charge in [-0.3, -0.25) is 19.9 Å². The van der Waals surface area contributed by atoms with Crippen LogP contribution >= 0.6 is 0 Å². The van der Waals surface area contributed by atoms with Gasteiger partial charge in [0.2, 0.25) is 5.62 Å². The molecule has 0 aliphatic carbocycles. The number of benzene rings is 1. The van der Waals surface area contributed by atoms with Crippen molar-refractivity contribution < 1.29 is 0 Å². The average molecular weight is 367 g/mol. The third-order valence-electron chi connectivity index (χ3n) is 4.98. The molecule has 0 fully saturated rings. The number of aromatic nitrogens is 6. The third-order valence-corrected chi connectivity index (χ3v) is 4.98. The van der Waals surface area contributed by atoms with E-state index in [0.29, 0.717) is 5.62 Å². The Labute approximate surface area is 160 Å². The molecule has 4 aromatic heterocycles. The number of fused-ring (bicyclic) bond motifs is 3. The van der Waals surface area contributed by atoms with Crippen LogP contribution in [0.1, 0.15) is 5.69 Å². The van der Waals surface area contributed by atoms with E-state index in [1.165, 1.54) is 6.33 Å². The van der Waals surface area contributed by atoms with E-state index >= 15 is 0 Å². The van der Waals surface area contributed by atoms with E-state index in [-0.39, 0.29) is 0 Å².